The summed E-state index contributed by atoms with van der Waals surface area (Å²) in [7, 11) is 1.63. The first-order chi connectivity index (χ1) is 20.5. The highest BCUT2D eigenvalue weighted by Crippen LogP contribution is 2.59. The van der Waals surface area contributed by atoms with Gasteiger partial charge in [-0.15, -0.1) is 0 Å². The van der Waals surface area contributed by atoms with Gasteiger partial charge in [0.15, 0.2) is 0 Å². The molecule has 0 radical (unpaired) electrons. The molecular weight excluding hydrogens is 562 g/mol. The van der Waals surface area contributed by atoms with E-state index in [2.05, 4.69) is 75.4 Å². The van der Waals surface area contributed by atoms with Crippen LogP contribution in [0.2, 0.25) is 0 Å². The third kappa shape index (κ3) is 7.19. The smallest absolute Gasteiger partial charge is 0.387 e. The molecule has 0 bridgehead atoms. The topological polar surface area (TPSA) is 54.0 Å². The lowest BCUT2D eigenvalue weighted by atomic mass is 10.00. The van der Waals surface area contributed by atoms with Crippen molar-refractivity contribution in [2.24, 2.45) is 0 Å². The van der Waals surface area contributed by atoms with Crippen LogP contribution in [0.15, 0.2) is 63.0 Å². The Morgan fingerprint density at radius 1 is 0.833 bits per heavy atom. The van der Waals surface area contributed by atoms with Gasteiger partial charge in [0.25, 0.3) is 0 Å². The van der Waals surface area contributed by atoms with E-state index in [0.29, 0.717) is 5.66 Å². The van der Waals surface area contributed by atoms with Gasteiger partial charge in [0.1, 0.15) is 22.7 Å². The van der Waals surface area contributed by atoms with Crippen LogP contribution in [0.4, 0.5) is 0 Å². The van der Waals surface area contributed by atoms with E-state index in [9.17, 15) is 0 Å². The van der Waals surface area contributed by atoms with E-state index in [4.69, 9.17) is 22.4 Å². The first kappa shape index (κ1) is 31.0. The Morgan fingerprint density at radius 3 is 1.93 bits per heavy atom. The summed E-state index contributed by atoms with van der Waals surface area (Å²) >= 11 is 0. The minimum absolute atomic E-state index is 0.0335. The second-order valence-corrected chi connectivity index (χ2v) is 15.1. The Morgan fingerprint density at radius 2 is 1.40 bits per heavy atom. The molecule has 0 amide bonds. The maximum Gasteiger partial charge on any atom is 0.387 e. The van der Waals surface area contributed by atoms with E-state index < -0.39 is 8.24 Å². The van der Waals surface area contributed by atoms with Gasteiger partial charge in [0, 0.05) is 16.4 Å². The Hall–Kier alpha value is -2.45. The molecule has 1 aromatic heterocycles. The number of unbranched alkanes of at least 4 members (excludes halogenated alkanes) is 2. The maximum atomic E-state index is 6.78. The van der Waals surface area contributed by atoms with Crippen LogP contribution in [-0.4, -0.2) is 32.6 Å². The van der Waals surface area contributed by atoms with Crippen molar-refractivity contribution in [3.63, 3.8) is 0 Å². The highest BCUT2D eigenvalue weighted by molar-refractivity contribution is 7.58. The molecule has 3 aromatic carbocycles. The third-order valence-corrected chi connectivity index (χ3v) is 12.8. The summed E-state index contributed by atoms with van der Waals surface area (Å²) in [6.45, 7) is 6.63. The summed E-state index contributed by atoms with van der Waals surface area (Å²) in [5, 5.41) is 1.97. The predicted molar refractivity (Wildman–Crippen MR) is 178 cm³/mol. The number of ether oxygens (including phenoxy) is 2. The average molecular weight is 609 g/mol. The lowest BCUT2D eigenvalue weighted by molar-refractivity contribution is 0.303. The molecule has 0 N–H and O–H groups in total. The fourth-order valence-corrected chi connectivity index (χ4v) is 10.6. The van der Waals surface area contributed by atoms with Crippen molar-refractivity contribution < 1.29 is 22.4 Å². The van der Waals surface area contributed by atoms with E-state index in [1.807, 2.05) is 0 Å². The summed E-state index contributed by atoms with van der Waals surface area (Å²) < 4.78 is 31.8. The Kier molecular flexibility index (Phi) is 10.9. The zero-order chi connectivity index (χ0) is 29.5. The number of benzene rings is 3. The molecule has 5 rings (SSSR count). The number of aryl methyl sites for hydroxylation is 2. The lowest BCUT2D eigenvalue weighted by Gasteiger charge is -2.23. The van der Waals surface area contributed by atoms with Gasteiger partial charge < -0.3 is 17.9 Å². The molecule has 2 heterocycles. The number of methoxy groups -OCH3 is 2. The summed E-state index contributed by atoms with van der Waals surface area (Å²) in [6, 6.07) is 19.4. The van der Waals surface area contributed by atoms with Gasteiger partial charge in [0.05, 0.1) is 20.3 Å². The van der Waals surface area contributed by atoms with Crippen molar-refractivity contribution in [1.82, 2.24) is 0 Å². The van der Waals surface area contributed by atoms with Gasteiger partial charge in [-0.2, -0.15) is 0 Å². The fraction of sp³-hybridized carbons (Fsp3) is 0.486. The highest BCUT2D eigenvalue weighted by Gasteiger charge is 2.30. The first-order valence-electron chi connectivity index (χ1n) is 15.6. The van der Waals surface area contributed by atoms with E-state index in [-0.39, 0.29) is 14.0 Å². The van der Waals surface area contributed by atoms with Crippen LogP contribution in [0.3, 0.4) is 0 Å². The van der Waals surface area contributed by atoms with Crippen LogP contribution in [0, 0.1) is 0 Å². The highest BCUT2D eigenvalue weighted by atomic mass is 31.1. The Bertz CT molecular complexity index is 1420. The molecular formula is C35H46O5P2. The molecule has 0 aliphatic carbocycles. The molecule has 1 saturated heterocycles. The van der Waals surface area contributed by atoms with Crippen molar-refractivity contribution in [3.05, 3.63) is 71.3 Å². The molecule has 226 valence electrons. The van der Waals surface area contributed by atoms with Crippen LogP contribution < -0.4 is 14.0 Å². The predicted octanol–water partition coefficient (Wildman–Crippen LogP) is 10.8. The SMILES string of the molecule is CCCCc1cc(OC)cc2c1op(OC(C)CP1CCCC1c1ccccc1)oc1c(CCCC)cc(OC)cc12. The van der Waals surface area contributed by atoms with E-state index in [1.54, 1.807) is 14.2 Å². The normalized spacial score (nSPS) is 17.5. The quantitative estimate of drug-likeness (QED) is 0.141. The van der Waals surface area contributed by atoms with E-state index in [1.165, 1.54) is 24.6 Å². The molecule has 5 nitrogen and oxygen atoms in total. The Labute approximate surface area is 253 Å². The molecule has 7 heteroatoms. The standard InChI is InChI=1S/C35H46O5P2/c1-6-8-14-27-20-29(36-4)22-31-32-23-30(37-5)21-28(15-9-7-2)35(32)40-42(39-34(27)31)38-25(3)24-41-19-13-18-33(41)26-16-11-10-12-17-26/h10-12,16-17,20-23,25,33H,6-9,13-15,18-19,24H2,1-5H3. The third-order valence-electron chi connectivity index (χ3n) is 8.28. The maximum absolute atomic E-state index is 6.78. The monoisotopic (exact) mass is 608 g/mol. The van der Waals surface area contributed by atoms with Crippen molar-refractivity contribution in [1.29, 1.82) is 0 Å². The largest absolute Gasteiger partial charge is 0.497 e. The molecule has 4 aromatic rings. The van der Waals surface area contributed by atoms with Gasteiger partial charge in [-0.05, 0) is 98.7 Å². The minimum atomic E-state index is -1.66. The van der Waals surface area contributed by atoms with Crippen LogP contribution >= 0.6 is 16.2 Å². The van der Waals surface area contributed by atoms with Gasteiger partial charge in [-0.3, -0.25) is 4.52 Å². The Balaban J connectivity index is 1.60. The molecule has 1 aliphatic rings. The number of hydrogen-bond acceptors (Lipinski definition) is 5. The van der Waals surface area contributed by atoms with Gasteiger partial charge in [-0.1, -0.05) is 64.9 Å². The fourth-order valence-electron chi connectivity index (χ4n) is 6.10. The molecule has 3 unspecified atom stereocenters. The minimum Gasteiger partial charge on any atom is -0.497 e. The van der Waals surface area contributed by atoms with Gasteiger partial charge in [0.2, 0.25) is 0 Å². The number of hydrogen-bond donors (Lipinski definition) is 0. The summed E-state index contributed by atoms with van der Waals surface area (Å²) in [4.78, 5) is 0. The van der Waals surface area contributed by atoms with Crippen LogP contribution in [0.5, 0.6) is 11.5 Å². The van der Waals surface area contributed by atoms with Gasteiger partial charge >= 0.3 is 8.24 Å². The van der Waals surface area contributed by atoms with E-state index in [0.717, 1.165) is 89.3 Å². The summed E-state index contributed by atoms with van der Waals surface area (Å²) in [6.07, 6.45) is 11.1. The van der Waals surface area contributed by atoms with Crippen molar-refractivity contribution in [3.8, 4) is 11.5 Å². The first-order valence-corrected chi connectivity index (χ1v) is 18.5. The zero-order valence-electron chi connectivity index (χ0n) is 25.9. The lowest BCUT2D eigenvalue weighted by Crippen LogP contribution is -2.15. The van der Waals surface area contributed by atoms with Crippen molar-refractivity contribution in [2.45, 2.75) is 83.9 Å². The summed E-state index contributed by atoms with van der Waals surface area (Å²) in [5.41, 5.74) is 6.10. The number of rotatable bonds is 13. The molecule has 3 atom stereocenters. The second kappa shape index (κ2) is 14.8. The molecule has 1 fully saturated rings. The van der Waals surface area contributed by atoms with Gasteiger partial charge in [-0.25, -0.2) is 0 Å². The van der Waals surface area contributed by atoms with Crippen molar-refractivity contribution in [2.75, 3.05) is 26.5 Å². The van der Waals surface area contributed by atoms with Crippen LogP contribution in [0.1, 0.15) is 81.6 Å². The second-order valence-electron chi connectivity index (χ2n) is 11.4. The molecule has 42 heavy (non-hydrogen) atoms. The van der Waals surface area contributed by atoms with E-state index >= 15 is 0 Å². The summed E-state index contributed by atoms with van der Waals surface area (Å²) in [5.74, 6) is 1.65. The zero-order valence-corrected chi connectivity index (χ0v) is 27.6. The molecule has 0 spiro atoms. The van der Waals surface area contributed by atoms with Crippen LogP contribution in [0.25, 0.3) is 21.9 Å². The molecule has 1 aliphatic heterocycles. The van der Waals surface area contributed by atoms with Crippen molar-refractivity contribution >= 4 is 38.1 Å². The number of fused-ring (bicyclic) bond motifs is 3. The van der Waals surface area contributed by atoms with Crippen LogP contribution in [-0.2, 0) is 12.8 Å². The molecule has 0 saturated carbocycles. The average Bonchev–Trinajstić information content (AvgIpc) is 3.41.